The number of carbonyl (C=O) groups excluding carboxylic acids is 2. The monoisotopic (exact) mass is 448 g/mol. The molecular weight excluding hydrogens is 431 g/mol. The van der Waals surface area contributed by atoms with Crippen molar-refractivity contribution in [3.63, 3.8) is 0 Å². The van der Waals surface area contributed by atoms with Crippen molar-refractivity contribution >= 4 is 28.8 Å². The lowest BCUT2D eigenvalue weighted by atomic mass is 9.95. The number of amides is 1. The third-order valence-corrected chi connectivity index (χ3v) is 5.33. The lowest BCUT2D eigenvalue weighted by molar-refractivity contribution is -0.384. The van der Waals surface area contributed by atoms with Crippen molar-refractivity contribution < 1.29 is 28.7 Å². The number of halogens is 1. The number of hydrogen-bond acceptors (Lipinski definition) is 6. The number of rotatable bonds is 5. The number of aliphatic hydroxyl groups is 1. The van der Waals surface area contributed by atoms with Crippen LogP contribution in [0.25, 0.3) is 5.76 Å². The molecule has 4 rings (SSSR count). The molecule has 1 N–H and O–H groups in total. The Morgan fingerprint density at radius 1 is 1.00 bits per heavy atom. The zero-order valence-corrected chi connectivity index (χ0v) is 17.3. The van der Waals surface area contributed by atoms with Gasteiger partial charge in [-0.15, -0.1) is 0 Å². The highest BCUT2D eigenvalue weighted by molar-refractivity contribution is 6.51. The van der Waals surface area contributed by atoms with Crippen LogP contribution in [0.5, 0.6) is 5.75 Å². The van der Waals surface area contributed by atoms with Gasteiger partial charge in [0.25, 0.3) is 17.4 Å². The van der Waals surface area contributed by atoms with Gasteiger partial charge in [-0.2, -0.15) is 0 Å². The number of nitro benzene ring substituents is 1. The summed E-state index contributed by atoms with van der Waals surface area (Å²) < 4.78 is 18.7. The molecule has 1 fully saturated rings. The number of ketones is 1. The standard InChI is InChI=1S/C24H17FN2O6/c1-33-19-12-10-17(11-13-19)26-21(14-2-6-16(25)7-3-14)20(23(29)24(26)30)22(28)15-4-8-18(9-5-15)27(31)32/h2-13,21,28H,1H3/t21-/m0/s1. The molecule has 9 heteroatoms. The summed E-state index contributed by atoms with van der Waals surface area (Å²) in [6.07, 6.45) is 0. The van der Waals surface area contributed by atoms with Crippen molar-refractivity contribution in [2.75, 3.05) is 12.0 Å². The number of Topliss-reactive ketones (excluding diaryl/α,β-unsaturated/α-hetero) is 1. The molecule has 3 aromatic rings. The highest BCUT2D eigenvalue weighted by Gasteiger charge is 2.47. The minimum absolute atomic E-state index is 0.125. The van der Waals surface area contributed by atoms with Crippen LogP contribution in [0, 0.1) is 15.9 Å². The van der Waals surface area contributed by atoms with Crippen molar-refractivity contribution in [3.05, 3.63) is 105 Å². The largest absolute Gasteiger partial charge is 0.507 e. The molecule has 0 radical (unpaired) electrons. The molecule has 0 aromatic heterocycles. The number of anilines is 1. The zero-order valence-electron chi connectivity index (χ0n) is 17.3. The third kappa shape index (κ3) is 3.91. The molecule has 1 aliphatic heterocycles. The van der Waals surface area contributed by atoms with E-state index < -0.39 is 34.2 Å². The summed E-state index contributed by atoms with van der Waals surface area (Å²) in [6, 6.07) is 15.5. The maximum Gasteiger partial charge on any atom is 0.300 e. The van der Waals surface area contributed by atoms with Crippen LogP contribution >= 0.6 is 0 Å². The topological polar surface area (TPSA) is 110 Å². The van der Waals surface area contributed by atoms with Gasteiger partial charge < -0.3 is 9.84 Å². The first-order valence-electron chi connectivity index (χ1n) is 9.77. The molecule has 1 aliphatic rings. The Hall–Kier alpha value is -4.53. The number of benzene rings is 3. The number of nitrogens with zero attached hydrogens (tertiary/aromatic N) is 2. The number of ether oxygens (including phenoxy) is 1. The first-order valence-corrected chi connectivity index (χ1v) is 9.77. The van der Waals surface area contributed by atoms with Crippen LogP contribution < -0.4 is 9.64 Å². The Bertz CT molecular complexity index is 1270. The van der Waals surface area contributed by atoms with E-state index in [4.69, 9.17) is 4.74 Å². The number of nitro groups is 1. The average Bonchev–Trinajstić information content (AvgIpc) is 3.09. The van der Waals surface area contributed by atoms with Crippen LogP contribution in [-0.2, 0) is 9.59 Å². The molecule has 1 heterocycles. The fourth-order valence-electron chi connectivity index (χ4n) is 3.70. The highest BCUT2D eigenvalue weighted by atomic mass is 19.1. The second-order valence-corrected chi connectivity index (χ2v) is 7.22. The van der Waals surface area contributed by atoms with E-state index in [0.717, 1.165) is 0 Å². The van der Waals surface area contributed by atoms with Crippen molar-refractivity contribution in [1.82, 2.24) is 0 Å². The Kier molecular flexibility index (Phi) is 5.61. The molecule has 8 nitrogen and oxygen atoms in total. The van der Waals surface area contributed by atoms with Crippen LogP contribution in [0.4, 0.5) is 15.8 Å². The Balaban J connectivity index is 1.89. The maximum atomic E-state index is 13.6. The Labute approximate surface area is 187 Å². The van der Waals surface area contributed by atoms with E-state index in [1.165, 1.54) is 60.5 Å². The van der Waals surface area contributed by atoms with E-state index in [0.29, 0.717) is 17.0 Å². The lowest BCUT2D eigenvalue weighted by Gasteiger charge is -2.25. The van der Waals surface area contributed by atoms with Crippen molar-refractivity contribution in [3.8, 4) is 5.75 Å². The molecule has 1 amide bonds. The third-order valence-electron chi connectivity index (χ3n) is 5.33. The van der Waals surface area contributed by atoms with Gasteiger partial charge in [0.2, 0.25) is 0 Å². The summed E-state index contributed by atoms with van der Waals surface area (Å²) in [4.78, 5) is 37.6. The van der Waals surface area contributed by atoms with E-state index in [-0.39, 0.29) is 16.8 Å². The van der Waals surface area contributed by atoms with E-state index >= 15 is 0 Å². The maximum absolute atomic E-state index is 13.6. The van der Waals surface area contributed by atoms with Crippen LogP contribution in [-0.4, -0.2) is 28.8 Å². The first-order chi connectivity index (χ1) is 15.8. The zero-order chi connectivity index (χ0) is 23.7. The molecule has 0 saturated carbocycles. The minimum atomic E-state index is -1.05. The summed E-state index contributed by atoms with van der Waals surface area (Å²) >= 11 is 0. The molecule has 33 heavy (non-hydrogen) atoms. The van der Waals surface area contributed by atoms with Crippen LogP contribution in [0.15, 0.2) is 78.4 Å². The molecule has 0 spiro atoms. The van der Waals surface area contributed by atoms with E-state index in [1.807, 2.05) is 0 Å². The van der Waals surface area contributed by atoms with Gasteiger partial charge in [0.05, 0.1) is 23.6 Å². The predicted octanol–water partition coefficient (Wildman–Crippen LogP) is 4.37. The fourth-order valence-corrected chi connectivity index (χ4v) is 3.70. The van der Waals surface area contributed by atoms with Crippen LogP contribution in [0.3, 0.4) is 0 Å². The first kappa shape index (κ1) is 21.7. The van der Waals surface area contributed by atoms with Gasteiger partial charge >= 0.3 is 0 Å². The second kappa shape index (κ2) is 8.54. The molecule has 0 aliphatic carbocycles. The van der Waals surface area contributed by atoms with E-state index in [9.17, 15) is 29.2 Å². The Morgan fingerprint density at radius 2 is 1.61 bits per heavy atom. The molecular formula is C24H17FN2O6. The molecule has 1 saturated heterocycles. The Morgan fingerprint density at radius 3 is 2.15 bits per heavy atom. The molecule has 3 aromatic carbocycles. The summed E-state index contributed by atoms with van der Waals surface area (Å²) in [5.74, 6) is -2.27. The van der Waals surface area contributed by atoms with Gasteiger partial charge in [-0.25, -0.2) is 4.39 Å². The summed E-state index contributed by atoms with van der Waals surface area (Å²) in [5, 5.41) is 21.9. The number of aliphatic hydroxyl groups excluding tert-OH is 1. The van der Waals surface area contributed by atoms with Gasteiger partial charge in [0, 0.05) is 23.4 Å². The van der Waals surface area contributed by atoms with Gasteiger partial charge in [0.15, 0.2) is 0 Å². The highest BCUT2D eigenvalue weighted by Crippen LogP contribution is 2.42. The van der Waals surface area contributed by atoms with Crippen molar-refractivity contribution in [2.45, 2.75) is 6.04 Å². The van der Waals surface area contributed by atoms with Crippen molar-refractivity contribution in [2.24, 2.45) is 0 Å². The van der Waals surface area contributed by atoms with Crippen LogP contribution in [0.2, 0.25) is 0 Å². The van der Waals surface area contributed by atoms with Gasteiger partial charge in [-0.1, -0.05) is 12.1 Å². The minimum Gasteiger partial charge on any atom is -0.507 e. The van der Waals surface area contributed by atoms with Gasteiger partial charge in [-0.05, 0) is 54.1 Å². The van der Waals surface area contributed by atoms with Gasteiger partial charge in [-0.3, -0.25) is 24.6 Å². The summed E-state index contributed by atoms with van der Waals surface area (Å²) in [7, 11) is 1.49. The summed E-state index contributed by atoms with van der Waals surface area (Å²) in [5.41, 5.74) is 0.488. The van der Waals surface area contributed by atoms with Crippen molar-refractivity contribution in [1.29, 1.82) is 0 Å². The quantitative estimate of drug-likeness (QED) is 0.204. The average molecular weight is 448 g/mol. The molecule has 166 valence electrons. The normalized spacial score (nSPS) is 17.3. The second-order valence-electron chi connectivity index (χ2n) is 7.22. The lowest BCUT2D eigenvalue weighted by Crippen LogP contribution is -2.29. The van der Waals surface area contributed by atoms with Crippen LogP contribution in [0.1, 0.15) is 17.2 Å². The summed E-state index contributed by atoms with van der Waals surface area (Å²) in [6.45, 7) is 0. The molecule has 0 bridgehead atoms. The van der Waals surface area contributed by atoms with E-state index in [2.05, 4.69) is 0 Å². The molecule has 0 unspecified atom stereocenters. The number of non-ortho nitro benzene ring substituents is 1. The number of carbonyl (C=O) groups is 2. The predicted molar refractivity (Wildman–Crippen MR) is 117 cm³/mol. The van der Waals surface area contributed by atoms with Gasteiger partial charge in [0.1, 0.15) is 17.3 Å². The number of methoxy groups -OCH3 is 1. The smallest absolute Gasteiger partial charge is 0.300 e. The fraction of sp³-hybridized carbons (Fsp3) is 0.0833. The molecule has 1 atom stereocenters. The SMILES string of the molecule is COc1ccc(N2C(=O)C(=O)C(=C(O)c3ccc([N+](=O)[O-])cc3)[C@@H]2c2ccc(F)cc2)cc1. The number of hydrogen-bond donors (Lipinski definition) is 1. The van der Waals surface area contributed by atoms with E-state index in [1.54, 1.807) is 24.3 Å².